The van der Waals surface area contributed by atoms with Crippen molar-refractivity contribution in [1.29, 1.82) is 0 Å². The highest BCUT2D eigenvalue weighted by molar-refractivity contribution is 7.89. The van der Waals surface area contributed by atoms with E-state index in [4.69, 9.17) is 4.74 Å². The Labute approximate surface area is 135 Å². The summed E-state index contributed by atoms with van der Waals surface area (Å²) in [5.74, 6) is 0.222. The van der Waals surface area contributed by atoms with Crippen LogP contribution in [0.15, 0.2) is 66.1 Å². The second-order valence-corrected chi connectivity index (χ2v) is 7.00. The van der Waals surface area contributed by atoms with Gasteiger partial charge in [-0.25, -0.2) is 12.8 Å². The van der Waals surface area contributed by atoms with Crippen molar-refractivity contribution in [2.75, 3.05) is 13.7 Å². The smallest absolute Gasteiger partial charge is 0.243 e. The highest BCUT2D eigenvalue weighted by atomic mass is 32.2. The average Bonchev–Trinajstić information content (AvgIpc) is 2.54. The first-order valence-corrected chi connectivity index (χ1v) is 8.42. The summed E-state index contributed by atoms with van der Waals surface area (Å²) in [6, 6.07) is 11.9. The van der Waals surface area contributed by atoms with E-state index in [0.29, 0.717) is 12.4 Å². The molecule has 4 nitrogen and oxygen atoms in total. The van der Waals surface area contributed by atoms with Gasteiger partial charge in [0, 0.05) is 13.6 Å². The fraction of sp³-hybridized carbons (Fsp3) is 0.176. The van der Waals surface area contributed by atoms with Crippen LogP contribution in [-0.2, 0) is 16.6 Å². The van der Waals surface area contributed by atoms with E-state index in [2.05, 4.69) is 6.58 Å². The molecule has 0 aliphatic rings. The monoisotopic (exact) mass is 335 g/mol. The SMILES string of the molecule is C=CCOc1ccc(CN(C)S(=O)(=O)c2ccc(F)cc2)cc1. The van der Waals surface area contributed by atoms with Crippen LogP contribution in [0.4, 0.5) is 4.39 Å². The van der Waals surface area contributed by atoms with Gasteiger partial charge < -0.3 is 4.74 Å². The maximum absolute atomic E-state index is 12.9. The summed E-state index contributed by atoms with van der Waals surface area (Å²) in [6.07, 6.45) is 1.65. The lowest BCUT2D eigenvalue weighted by atomic mass is 10.2. The molecule has 2 rings (SSSR count). The van der Waals surface area contributed by atoms with E-state index in [1.165, 1.54) is 23.5 Å². The van der Waals surface area contributed by atoms with Crippen LogP contribution in [0.1, 0.15) is 5.56 Å². The Balaban J connectivity index is 2.09. The number of benzene rings is 2. The molecule has 0 fully saturated rings. The zero-order chi connectivity index (χ0) is 16.9. The second-order valence-electron chi connectivity index (χ2n) is 4.96. The molecule has 0 heterocycles. The average molecular weight is 335 g/mol. The van der Waals surface area contributed by atoms with Gasteiger partial charge in [-0.3, -0.25) is 0 Å². The number of nitrogens with zero attached hydrogens (tertiary/aromatic N) is 1. The quantitative estimate of drug-likeness (QED) is 0.730. The Morgan fingerprint density at radius 2 is 1.74 bits per heavy atom. The van der Waals surface area contributed by atoms with Gasteiger partial charge in [0.05, 0.1) is 4.90 Å². The molecule has 0 N–H and O–H groups in total. The molecule has 0 aliphatic carbocycles. The van der Waals surface area contributed by atoms with Crippen molar-refractivity contribution in [2.45, 2.75) is 11.4 Å². The van der Waals surface area contributed by atoms with E-state index < -0.39 is 15.8 Å². The molecule has 0 bridgehead atoms. The van der Waals surface area contributed by atoms with E-state index in [0.717, 1.165) is 17.7 Å². The summed E-state index contributed by atoms with van der Waals surface area (Å²) >= 11 is 0. The Hall–Kier alpha value is -2.18. The van der Waals surface area contributed by atoms with Crippen molar-refractivity contribution in [3.05, 3.63) is 72.6 Å². The van der Waals surface area contributed by atoms with Gasteiger partial charge in [-0.1, -0.05) is 24.8 Å². The highest BCUT2D eigenvalue weighted by Gasteiger charge is 2.20. The van der Waals surface area contributed by atoms with E-state index in [1.54, 1.807) is 30.3 Å². The molecule has 0 saturated heterocycles. The van der Waals surface area contributed by atoms with Gasteiger partial charge in [-0.05, 0) is 42.0 Å². The third kappa shape index (κ3) is 4.40. The van der Waals surface area contributed by atoms with E-state index in [9.17, 15) is 12.8 Å². The van der Waals surface area contributed by atoms with Gasteiger partial charge >= 0.3 is 0 Å². The van der Waals surface area contributed by atoms with Gasteiger partial charge in [0.1, 0.15) is 18.2 Å². The van der Waals surface area contributed by atoms with E-state index in [-0.39, 0.29) is 11.4 Å². The van der Waals surface area contributed by atoms with Crippen molar-refractivity contribution < 1.29 is 17.5 Å². The lowest BCUT2D eigenvalue weighted by Crippen LogP contribution is -2.26. The minimum atomic E-state index is -3.66. The highest BCUT2D eigenvalue weighted by Crippen LogP contribution is 2.19. The van der Waals surface area contributed by atoms with Crippen molar-refractivity contribution in [3.8, 4) is 5.75 Å². The topological polar surface area (TPSA) is 46.6 Å². The molecule has 0 spiro atoms. The molecule has 0 atom stereocenters. The minimum Gasteiger partial charge on any atom is -0.490 e. The fourth-order valence-electron chi connectivity index (χ4n) is 1.97. The summed E-state index contributed by atoms with van der Waals surface area (Å²) in [5.41, 5.74) is 0.823. The molecule has 0 amide bonds. The lowest BCUT2D eigenvalue weighted by molar-refractivity contribution is 0.363. The van der Waals surface area contributed by atoms with Gasteiger partial charge in [0.25, 0.3) is 0 Å². The molecule has 2 aromatic carbocycles. The number of rotatable bonds is 7. The van der Waals surface area contributed by atoms with Gasteiger partial charge in [-0.15, -0.1) is 0 Å². The number of halogens is 1. The molecule has 0 unspecified atom stereocenters. The first-order valence-electron chi connectivity index (χ1n) is 6.98. The van der Waals surface area contributed by atoms with Crippen LogP contribution in [0.2, 0.25) is 0 Å². The molecule has 0 aliphatic heterocycles. The summed E-state index contributed by atoms with van der Waals surface area (Å²) < 4.78 is 44.4. The summed E-state index contributed by atoms with van der Waals surface area (Å²) in [7, 11) is -2.17. The van der Waals surface area contributed by atoms with Crippen LogP contribution in [0, 0.1) is 5.82 Å². The minimum absolute atomic E-state index is 0.0623. The van der Waals surface area contributed by atoms with Crippen LogP contribution in [-0.4, -0.2) is 26.4 Å². The van der Waals surface area contributed by atoms with Crippen molar-refractivity contribution in [3.63, 3.8) is 0 Å². The maximum atomic E-state index is 12.9. The molecule has 122 valence electrons. The maximum Gasteiger partial charge on any atom is 0.243 e. The number of sulfonamides is 1. The van der Waals surface area contributed by atoms with Gasteiger partial charge in [0.15, 0.2) is 0 Å². The molecule has 23 heavy (non-hydrogen) atoms. The van der Waals surface area contributed by atoms with Crippen molar-refractivity contribution >= 4 is 10.0 Å². The molecule has 0 radical (unpaired) electrons. The van der Waals surface area contributed by atoms with Crippen LogP contribution < -0.4 is 4.74 Å². The lowest BCUT2D eigenvalue weighted by Gasteiger charge is -2.17. The fourth-order valence-corrected chi connectivity index (χ4v) is 3.13. The first kappa shape index (κ1) is 17.2. The Bertz CT molecular complexity index is 755. The summed E-state index contributed by atoms with van der Waals surface area (Å²) in [5, 5.41) is 0. The standard InChI is InChI=1S/C17H18FNO3S/c1-3-12-22-16-8-4-14(5-9-16)13-19(2)23(20,21)17-10-6-15(18)7-11-17/h3-11H,1,12-13H2,2H3. The molecular formula is C17H18FNO3S. The normalized spacial score (nSPS) is 11.4. The Kier molecular flexibility index (Phi) is 5.52. The van der Waals surface area contributed by atoms with Crippen molar-refractivity contribution in [1.82, 2.24) is 4.31 Å². The molecule has 0 saturated carbocycles. The molecule has 2 aromatic rings. The van der Waals surface area contributed by atoms with Crippen molar-refractivity contribution in [2.24, 2.45) is 0 Å². The first-order chi connectivity index (χ1) is 10.9. The molecule has 0 aromatic heterocycles. The Morgan fingerprint density at radius 3 is 2.30 bits per heavy atom. The second kappa shape index (κ2) is 7.39. The number of hydrogen-bond acceptors (Lipinski definition) is 3. The van der Waals surface area contributed by atoms with Gasteiger partial charge in [0.2, 0.25) is 10.0 Å². The molecular weight excluding hydrogens is 317 g/mol. The number of ether oxygens (including phenoxy) is 1. The van der Waals surface area contributed by atoms with Crippen LogP contribution in [0.25, 0.3) is 0 Å². The third-order valence-electron chi connectivity index (χ3n) is 3.22. The van der Waals surface area contributed by atoms with E-state index in [1.807, 2.05) is 0 Å². The predicted molar refractivity (Wildman–Crippen MR) is 87.2 cm³/mol. The van der Waals surface area contributed by atoms with Crippen LogP contribution in [0.5, 0.6) is 5.75 Å². The number of hydrogen-bond donors (Lipinski definition) is 0. The molecule has 6 heteroatoms. The summed E-state index contributed by atoms with van der Waals surface area (Å²) in [6.45, 7) is 4.20. The van der Waals surface area contributed by atoms with Gasteiger partial charge in [-0.2, -0.15) is 4.31 Å². The zero-order valence-electron chi connectivity index (χ0n) is 12.8. The predicted octanol–water partition coefficient (Wildman–Crippen LogP) is 3.21. The third-order valence-corrected chi connectivity index (χ3v) is 5.04. The van der Waals surface area contributed by atoms with E-state index >= 15 is 0 Å². The zero-order valence-corrected chi connectivity index (χ0v) is 13.6. The van der Waals surface area contributed by atoms with Crippen LogP contribution in [0.3, 0.4) is 0 Å². The van der Waals surface area contributed by atoms with Crippen LogP contribution >= 0.6 is 0 Å². The largest absolute Gasteiger partial charge is 0.490 e. The Morgan fingerprint density at radius 1 is 1.13 bits per heavy atom. The summed E-state index contributed by atoms with van der Waals surface area (Å²) in [4.78, 5) is 0.0623.